The van der Waals surface area contributed by atoms with E-state index in [0.29, 0.717) is 12.3 Å². The lowest BCUT2D eigenvalue weighted by Crippen LogP contribution is -1.99. The number of hydrogen-bond acceptors (Lipinski definition) is 2. The largest absolute Gasteiger partial charge is 0.303 e. The van der Waals surface area contributed by atoms with E-state index in [1.54, 1.807) is 0 Å². The van der Waals surface area contributed by atoms with Crippen molar-refractivity contribution in [2.24, 2.45) is 5.92 Å². The third-order valence-electron chi connectivity index (χ3n) is 2.40. The van der Waals surface area contributed by atoms with Crippen LogP contribution in [0.3, 0.4) is 0 Å². The van der Waals surface area contributed by atoms with Gasteiger partial charge in [0.2, 0.25) is 0 Å². The van der Waals surface area contributed by atoms with Crippen molar-refractivity contribution in [1.29, 1.82) is 0 Å². The smallest absolute Gasteiger partial charge is 0.120 e. The fraction of sp³-hybridized carbons (Fsp3) is 0.400. The third-order valence-corrected chi connectivity index (χ3v) is 2.40. The molecule has 1 aromatic heterocycles. The van der Waals surface area contributed by atoms with Gasteiger partial charge in [0.25, 0.3) is 0 Å². The van der Waals surface area contributed by atoms with Gasteiger partial charge in [-0.15, -0.1) is 0 Å². The predicted molar refractivity (Wildman–Crippen MR) is 45.8 cm³/mol. The number of carbonyl (C=O) groups is 1. The minimum atomic E-state index is 0.507. The molecule has 0 fully saturated rings. The quantitative estimate of drug-likeness (QED) is 0.613. The molecule has 2 heteroatoms. The van der Waals surface area contributed by atoms with Crippen LogP contribution in [-0.2, 0) is 17.6 Å². The summed E-state index contributed by atoms with van der Waals surface area (Å²) in [5, 5.41) is 0. The molecule has 0 saturated heterocycles. The van der Waals surface area contributed by atoms with Crippen molar-refractivity contribution in [3.8, 4) is 0 Å². The van der Waals surface area contributed by atoms with Gasteiger partial charge in [0.15, 0.2) is 0 Å². The molecular formula is C10H11NO. The number of aromatic nitrogens is 1. The van der Waals surface area contributed by atoms with Crippen molar-refractivity contribution in [2.75, 3.05) is 0 Å². The Balaban J connectivity index is 2.16. The van der Waals surface area contributed by atoms with Gasteiger partial charge in [-0.2, -0.15) is 0 Å². The molecule has 0 saturated carbocycles. The zero-order valence-electron chi connectivity index (χ0n) is 6.86. The summed E-state index contributed by atoms with van der Waals surface area (Å²) in [4.78, 5) is 14.6. The average Bonchev–Trinajstić information content (AvgIpc) is 2.47. The molecule has 1 atom stereocenters. The second kappa shape index (κ2) is 3.05. The molecule has 0 N–H and O–H groups in total. The molecule has 0 bridgehead atoms. The summed E-state index contributed by atoms with van der Waals surface area (Å²) in [6.07, 6.45) is 5.52. The van der Waals surface area contributed by atoms with E-state index in [9.17, 15) is 4.79 Å². The van der Waals surface area contributed by atoms with Crippen LogP contribution in [0.4, 0.5) is 0 Å². The molecule has 0 aromatic carbocycles. The predicted octanol–water partition coefficient (Wildman–Crippen LogP) is 1.39. The first-order valence-corrected chi connectivity index (χ1v) is 4.26. The van der Waals surface area contributed by atoms with Crippen LogP contribution < -0.4 is 0 Å². The zero-order chi connectivity index (χ0) is 8.39. The Morgan fingerprint density at radius 2 is 2.50 bits per heavy atom. The number of pyridine rings is 1. The highest BCUT2D eigenvalue weighted by atomic mass is 16.1. The highest BCUT2D eigenvalue weighted by Gasteiger charge is 2.21. The van der Waals surface area contributed by atoms with E-state index in [1.807, 2.05) is 12.3 Å². The van der Waals surface area contributed by atoms with Crippen molar-refractivity contribution < 1.29 is 4.79 Å². The second-order valence-electron chi connectivity index (χ2n) is 3.29. The highest BCUT2D eigenvalue weighted by Crippen LogP contribution is 2.25. The second-order valence-corrected chi connectivity index (χ2v) is 3.29. The molecule has 12 heavy (non-hydrogen) atoms. The van der Waals surface area contributed by atoms with Crippen LogP contribution in [0, 0.1) is 5.92 Å². The van der Waals surface area contributed by atoms with E-state index in [4.69, 9.17) is 0 Å². The lowest BCUT2D eigenvalue weighted by Gasteiger charge is -1.99. The lowest BCUT2D eigenvalue weighted by atomic mass is 10.0. The molecule has 0 spiro atoms. The van der Waals surface area contributed by atoms with Gasteiger partial charge in [0.05, 0.1) is 0 Å². The van der Waals surface area contributed by atoms with E-state index >= 15 is 0 Å². The highest BCUT2D eigenvalue weighted by molar-refractivity contribution is 5.50. The number of rotatable bonds is 2. The summed E-state index contributed by atoms with van der Waals surface area (Å²) >= 11 is 0. The summed E-state index contributed by atoms with van der Waals surface area (Å²) in [7, 11) is 0. The molecule has 0 aliphatic heterocycles. The van der Waals surface area contributed by atoms with Crippen LogP contribution >= 0.6 is 0 Å². The molecular weight excluding hydrogens is 150 g/mol. The SMILES string of the molecule is O=CCC1Cc2cccnc2C1. The number of nitrogens with zero attached hydrogens (tertiary/aromatic N) is 1. The molecule has 1 aliphatic rings. The number of fused-ring (bicyclic) bond motifs is 1. The Hall–Kier alpha value is -1.18. The van der Waals surface area contributed by atoms with Crippen LogP contribution in [0.5, 0.6) is 0 Å². The van der Waals surface area contributed by atoms with Gasteiger partial charge >= 0.3 is 0 Å². The molecule has 1 aliphatic carbocycles. The van der Waals surface area contributed by atoms with Crippen molar-refractivity contribution >= 4 is 6.29 Å². The Morgan fingerprint density at radius 3 is 3.25 bits per heavy atom. The summed E-state index contributed by atoms with van der Waals surface area (Å²) < 4.78 is 0. The standard InChI is InChI=1S/C10H11NO/c12-5-3-8-6-9-2-1-4-11-10(9)7-8/h1-2,4-5,8H,3,6-7H2. The first kappa shape index (κ1) is 7.47. The monoisotopic (exact) mass is 161 g/mol. The minimum absolute atomic E-state index is 0.507. The Labute approximate surface area is 71.6 Å². The van der Waals surface area contributed by atoms with E-state index in [1.165, 1.54) is 11.3 Å². The normalized spacial score (nSPS) is 20.5. The molecule has 0 radical (unpaired) electrons. The summed E-state index contributed by atoms with van der Waals surface area (Å²) in [6, 6.07) is 4.06. The minimum Gasteiger partial charge on any atom is -0.303 e. The first-order valence-electron chi connectivity index (χ1n) is 4.26. The molecule has 0 amide bonds. The van der Waals surface area contributed by atoms with Gasteiger partial charge in [-0.3, -0.25) is 4.98 Å². The van der Waals surface area contributed by atoms with Crippen LogP contribution in [0.2, 0.25) is 0 Å². The third kappa shape index (κ3) is 1.24. The number of aldehydes is 1. The lowest BCUT2D eigenvalue weighted by molar-refractivity contribution is -0.108. The fourth-order valence-corrected chi connectivity index (χ4v) is 1.80. The van der Waals surface area contributed by atoms with Crippen molar-refractivity contribution in [3.63, 3.8) is 0 Å². The average molecular weight is 161 g/mol. The van der Waals surface area contributed by atoms with Gasteiger partial charge in [-0.1, -0.05) is 6.07 Å². The first-order chi connectivity index (χ1) is 5.90. The van der Waals surface area contributed by atoms with E-state index in [0.717, 1.165) is 19.1 Å². The van der Waals surface area contributed by atoms with E-state index in [2.05, 4.69) is 11.1 Å². The van der Waals surface area contributed by atoms with Crippen molar-refractivity contribution in [1.82, 2.24) is 4.98 Å². The molecule has 1 heterocycles. The number of hydrogen-bond donors (Lipinski definition) is 0. The van der Waals surface area contributed by atoms with E-state index in [-0.39, 0.29) is 0 Å². The summed E-state index contributed by atoms with van der Waals surface area (Å²) in [5.74, 6) is 0.507. The van der Waals surface area contributed by atoms with E-state index < -0.39 is 0 Å². The van der Waals surface area contributed by atoms with Crippen molar-refractivity contribution in [3.05, 3.63) is 29.6 Å². The van der Waals surface area contributed by atoms with Crippen LogP contribution in [0.1, 0.15) is 17.7 Å². The van der Waals surface area contributed by atoms with Gasteiger partial charge in [0, 0.05) is 18.3 Å². The molecule has 2 rings (SSSR count). The molecule has 62 valence electrons. The topological polar surface area (TPSA) is 30.0 Å². The van der Waals surface area contributed by atoms with Gasteiger partial charge in [0.1, 0.15) is 6.29 Å². The van der Waals surface area contributed by atoms with Crippen LogP contribution in [0.25, 0.3) is 0 Å². The number of carbonyl (C=O) groups excluding carboxylic acids is 1. The van der Waals surface area contributed by atoms with Gasteiger partial charge < -0.3 is 4.79 Å². The maximum atomic E-state index is 10.3. The van der Waals surface area contributed by atoms with Gasteiger partial charge in [-0.05, 0) is 30.4 Å². The molecule has 2 nitrogen and oxygen atoms in total. The Kier molecular flexibility index (Phi) is 1.90. The van der Waals surface area contributed by atoms with Crippen molar-refractivity contribution in [2.45, 2.75) is 19.3 Å². The maximum absolute atomic E-state index is 10.3. The fourth-order valence-electron chi connectivity index (χ4n) is 1.80. The maximum Gasteiger partial charge on any atom is 0.120 e. The van der Waals surface area contributed by atoms with Crippen LogP contribution in [-0.4, -0.2) is 11.3 Å². The van der Waals surface area contributed by atoms with Gasteiger partial charge in [-0.25, -0.2) is 0 Å². The summed E-state index contributed by atoms with van der Waals surface area (Å²) in [5.41, 5.74) is 2.51. The molecule has 1 unspecified atom stereocenters. The summed E-state index contributed by atoms with van der Waals surface area (Å²) in [6.45, 7) is 0. The Morgan fingerprint density at radius 1 is 1.58 bits per heavy atom. The Bertz CT molecular complexity index is 271. The van der Waals surface area contributed by atoms with Crippen LogP contribution in [0.15, 0.2) is 18.3 Å². The molecule has 1 aromatic rings. The zero-order valence-corrected chi connectivity index (χ0v) is 6.86.